The first-order chi connectivity index (χ1) is 7.81. The summed E-state index contributed by atoms with van der Waals surface area (Å²) in [6.45, 7) is 2.96. The topological polar surface area (TPSA) is 38.1 Å². The minimum absolute atomic E-state index is 0.728. The van der Waals surface area contributed by atoms with Gasteiger partial charge >= 0.3 is 0 Å². The number of aryl methyl sites for hydroxylation is 1. The molecule has 0 spiro atoms. The second-order valence-electron chi connectivity index (χ2n) is 4.59. The van der Waals surface area contributed by atoms with Crippen molar-refractivity contribution >= 4 is 16.8 Å². The summed E-state index contributed by atoms with van der Waals surface area (Å²) >= 11 is 0. The van der Waals surface area contributed by atoms with Gasteiger partial charge in [-0.15, -0.1) is 0 Å². The van der Waals surface area contributed by atoms with Gasteiger partial charge in [0.15, 0.2) is 11.5 Å². The Labute approximate surface area is 94.9 Å². The van der Waals surface area contributed by atoms with E-state index < -0.39 is 0 Å². The Morgan fingerprint density at radius 2 is 2.31 bits per heavy atom. The van der Waals surface area contributed by atoms with E-state index >= 15 is 0 Å². The molecule has 0 saturated heterocycles. The van der Waals surface area contributed by atoms with Crippen LogP contribution in [0.25, 0.3) is 11.1 Å². The first kappa shape index (κ1) is 9.70. The van der Waals surface area contributed by atoms with Crippen molar-refractivity contribution in [2.75, 3.05) is 11.9 Å². The summed E-state index contributed by atoms with van der Waals surface area (Å²) < 4.78 is 5.44. The number of benzene rings is 1. The highest BCUT2D eigenvalue weighted by atomic mass is 16.3. The molecule has 1 aromatic carbocycles. The summed E-state index contributed by atoms with van der Waals surface area (Å²) in [6.07, 6.45) is 4.14. The van der Waals surface area contributed by atoms with E-state index in [1.807, 2.05) is 13.0 Å². The third kappa shape index (κ3) is 1.77. The zero-order chi connectivity index (χ0) is 11.0. The van der Waals surface area contributed by atoms with Gasteiger partial charge in [0.25, 0.3) is 0 Å². The third-order valence-electron chi connectivity index (χ3n) is 3.31. The van der Waals surface area contributed by atoms with Gasteiger partial charge in [0, 0.05) is 19.2 Å². The molecule has 3 nitrogen and oxygen atoms in total. The average Bonchev–Trinajstić information content (AvgIpc) is 2.55. The Bertz CT molecular complexity index is 500. The fourth-order valence-electron chi connectivity index (χ4n) is 2.11. The van der Waals surface area contributed by atoms with Crippen LogP contribution in [0.4, 0.5) is 5.69 Å². The monoisotopic (exact) mass is 216 g/mol. The van der Waals surface area contributed by atoms with E-state index in [9.17, 15) is 0 Å². The number of oxazole rings is 1. The number of nitrogens with zero attached hydrogens (tertiary/aromatic N) is 1. The Morgan fingerprint density at radius 3 is 3.06 bits per heavy atom. The largest absolute Gasteiger partial charge is 0.441 e. The van der Waals surface area contributed by atoms with Crippen molar-refractivity contribution < 1.29 is 4.42 Å². The van der Waals surface area contributed by atoms with E-state index in [-0.39, 0.29) is 0 Å². The molecule has 2 aromatic rings. The zero-order valence-electron chi connectivity index (χ0n) is 9.49. The van der Waals surface area contributed by atoms with Crippen molar-refractivity contribution in [3.05, 3.63) is 24.1 Å². The van der Waals surface area contributed by atoms with E-state index in [1.165, 1.54) is 19.3 Å². The quantitative estimate of drug-likeness (QED) is 0.855. The van der Waals surface area contributed by atoms with Gasteiger partial charge in [-0.05, 0) is 37.0 Å². The number of anilines is 1. The molecule has 16 heavy (non-hydrogen) atoms. The minimum Gasteiger partial charge on any atom is -0.441 e. The summed E-state index contributed by atoms with van der Waals surface area (Å²) in [5.41, 5.74) is 2.95. The molecule has 0 unspecified atom stereocenters. The maximum atomic E-state index is 5.44. The lowest BCUT2D eigenvalue weighted by atomic mass is 9.85. The van der Waals surface area contributed by atoms with E-state index in [1.54, 1.807) is 0 Å². The average molecular weight is 216 g/mol. The molecule has 3 rings (SSSR count). The Kier molecular flexibility index (Phi) is 2.31. The van der Waals surface area contributed by atoms with Crippen LogP contribution < -0.4 is 5.32 Å². The van der Waals surface area contributed by atoms with E-state index in [2.05, 4.69) is 22.4 Å². The Balaban J connectivity index is 1.75. The van der Waals surface area contributed by atoms with Gasteiger partial charge in [-0.3, -0.25) is 0 Å². The molecule has 0 atom stereocenters. The van der Waals surface area contributed by atoms with Gasteiger partial charge in [-0.25, -0.2) is 4.98 Å². The van der Waals surface area contributed by atoms with Crippen LogP contribution >= 0.6 is 0 Å². The number of hydrogen-bond acceptors (Lipinski definition) is 3. The standard InChI is InChI=1S/C13H16N2O/c1-9-15-12-7-11(5-6-13(12)16-9)14-8-10-3-2-4-10/h5-7,10,14H,2-4,8H2,1H3. The fraction of sp³-hybridized carbons (Fsp3) is 0.462. The normalized spacial score (nSPS) is 16.3. The fourth-order valence-corrected chi connectivity index (χ4v) is 2.11. The number of fused-ring (bicyclic) bond motifs is 1. The van der Waals surface area contributed by atoms with Gasteiger partial charge in [0.2, 0.25) is 0 Å². The molecule has 1 aliphatic rings. The lowest BCUT2D eigenvalue weighted by Crippen LogP contribution is -2.20. The van der Waals surface area contributed by atoms with Crippen LogP contribution in [-0.4, -0.2) is 11.5 Å². The van der Waals surface area contributed by atoms with E-state index in [4.69, 9.17) is 4.42 Å². The molecule has 1 saturated carbocycles. The molecule has 0 aliphatic heterocycles. The molecule has 1 fully saturated rings. The molecule has 1 heterocycles. The highest BCUT2D eigenvalue weighted by Crippen LogP contribution is 2.27. The molecule has 1 N–H and O–H groups in total. The molecule has 84 valence electrons. The van der Waals surface area contributed by atoms with Gasteiger partial charge in [0.1, 0.15) is 5.52 Å². The predicted molar refractivity (Wildman–Crippen MR) is 64.6 cm³/mol. The molecule has 0 radical (unpaired) electrons. The Hall–Kier alpha value is -1.51. The number of rotatable bonds is 3. The van der Waals surface area contributed by atoms with Gasteiger partial charge in [0.05, 0.1) is 0 Å². The highest BCUT2D eigenvalue weighted by Gasteiger charge is 2.16. The number of aromatic nitrogens is 1. The molecule has 1 aliphatic carbocycles. The molecule has 3 heteroatoms. The maximum Gasteiger partial charge on any atom is 0.192 e. The smallest absolute Gasteiger partial charge is 0.192 e. The van der Waals surface area contributed by atoms with Crippen LogP contribution in [0.3, 0.4) is 0 Å². The van der Waals surface area contributed by atoms with Gasteiger partial charge < -0.3 is 9.73 Å². The summed E-state index contributed by atoms with van der Waals surface area (Å²) in [4.78, 5) is 4.33. The number of hydrogen-bond donors (Lipinski definition) is 1. The maximum absolute atomic E-state index is 5.44. The van der Waals surface area contributed by atoms with Crippen molar-refractivity contribution in [1.82, 2.24) is 4.98 Å². The van der Waals surface area contributed by atoms with Gasteiger partial charge in [-0.1, -0.05) is 6.42 Å². The van der Waals surface area contributed by atoms with Gasteiger partial charge in [-0.2, -0.15) is 0 Å². The van der Waals surface area contributed by atoms with Crippen molar-refractivity contribution in [3.8, 4) is 0 Å². The second-order valence-corrected chi connectivity index (χ2v) is 4.59. The number of nitrogens with one attached hydrogen (secondary N) is 1. The van der Waals surface area contributed by atoms with Crippen molar-refractivity contribution in [1.29, 1.82) is 0 Å². The van der Waals surface area contributed by atoms with Crippen molar-refractivity contribution in [2.45, 2.75) is 26.2 Å². The minimum atomic E-state index is 0.728. The molecular formula is C13H16N2O. The summed E-state index contributed by atoms with van der Waals surface area (Å²) in [6, 6.07) is 6.11. The third-order valence-corrected chi connectivity index (χ3v) is 3.31. The van der Waals surface area contributed by atoms with Crippen LogP contribution in [0, 0.1) is 12.8 Å². The van der Waals surface area contributed by atoms with E-state index in [0.717, 1.165) is 35.1 Å². The molecule has 1 aromatic heterocycles. The van der Waals surface area contributed by atoms with Crippen LogP contribution in [-0.2, 0) is 0 Å². The Morgan fingerprint density at radius 1 is 1.44 bits per heavy atom. The first-order valence-corrected chi connectivity index (χ1v) is 5.92. The zero-order valence-corrected chi connectivity index (χ0v) is 9.49. The molecule has 0 bridgehead atoms. The van der Waals surface area contributed by atoms with Crippen molar-refractivity contribution in [3.63, 3.8) is 0 Å². The molecular weight excluding hydrogens is 200 g/mol. The molecule has 0 amide bonds. The summed E-state index contributed by atoms with van der Waals surface area (Å²) in [5, 5.41) is 3.47. The predicted octanol–water partition coefficient (Wildman–Crippen LogP) is 3.35. The first-order valence-electron chi connectivity index (χ1n) is 5.92. The van der Waals surface area contributed by atoms with Crippen LogP contribution in [0.15, 0.2) is 22.6 Å². The summed E-state index contributed by atoms with van der Waals surface area (Å²) in [5.74, 6) is 1.60. The SMILES string of the molecule is Cc1nc2cc(NCC3CCC3)ccc2o1. The summed E-state index contributed by atoms with van der Waals surface area (Å²) in [7, 11) is 0. The van der Waals surface area contributed by atoms with Crippen LogP contribution in [0.2, 0.25) is 0 Å². The lowest BCUT2D eigenvalue weighted by Gasteiger charge is -2.25. The lowest BCUT2D eigenvalue weighted by molar-refractivity contribution is 0.333. The van der Waals surface area contributed by atoms with Crippen LogP contribution in [0.1, 0.15) is 25.2 Å². The van der Waals surface area contributed by atoms with Crippen LogP contribution in [0.5, 0.6) is 0 Å². The highest BCUT2D eigenvalue weighted by molar-refractivity contribution is 5.77. The van der Waals surface area contributed by atoms with E-state index in [0.29, 0.717) is 0 Å². The van der Waals surface area contributed by atoms with Crippen molar-refractivity contribution in [2.24, 2.45) is 5.92 Å². The second kappa shape index (κ2) is 3.81.